The molecule has 0 radical (unpaired) electrons. The average Bonchev–Trinajstić information content (AvgIpc) is 2.72. The monoisotopic (exact) mass is 475 g/mol. The molecule has 0 bridgehead atoms. The molecule has 0 unspecified atom stereocenters. The lowest BCUT2D eigenvalue weighted by molar-refractivity contribution is -0.135. The Kier molecular flexibility index (Phi) is 6.68. The zero-order valence-electron chi connectivity index (χ0n) is 18.4. The molecule has 0 saturated carbocycles. The van der Waals surface area contributed by atoms with Gasteiger partial charge in [-0.3, -0.25) is 9.59 Å². The van der Waals surface area contributed by atoms with Gasteiger partial charge in [-0.05, 0) is 55.7 Å². The van der Waals surface area contributed by atoms with Crippen LogP contribution in [0.5, 0.6) is 11.5 Å². The van der Waals surface area contributed by atoms with Gasteiger partial charge < -0.3 is 14.4 Å². The maximum absolute atomic E-state index is 12.8. The third kappa shape index (κ3) is 4.89. The van der Waals surface area contributed by atoms with Crippen molar-refractivity contribution in [2.24, 2.45) is 0 Å². The van der Waals surface area contributed by atoms with Crippen LogP contribution in [0.4, 0.5) is 0 Å². The summed E-state index contributed by atoms with van der Waals surface area (Å²) in [5.74, 6) is 1.49. The van der Waals surface area contributed by atoms with Crippen LogP contribution < -0.4 is 9.47 Å². The van der Waals surface area contributed by atoms with Gasteiger partial charge in [-0.2, -0.15) is 0 Å². The maximum atomic E-state index is 12.8. The van der Waals surface area contributed by atoms with Gasteiger partial charge in [-0.25, -0.2) is 0 Å². The molecule has 2 aromatic carbocycles. The van der Waals surface area contributed by atoms with Gasteiger partial charge in [0.15, 0.2) is 5.78 Å². The number of fused-ring (bicyclic) bond motifs is 1. The number of aryl methyl sites for hydroxylation is 2. The Labute approximate surface area is 198 Å². The van der Waals surface area contributed by atoms with Crippen LogP contribution in [0.1, 0.15) is 53.6 Å². The molecule has 1 saturated heterocycles. The normalized spacial score (nSPS) is 17.1. The lowest BCUT2D eigenvalue weighted by Gasteiger charge is -2.44. The minimum atomic E-state index is -0.504. The molecule has 32 heavy (non-hydrogen) atoms. The molecule has 1 amide bonds. The number of likely N-dealkylation sites (tertiary alicyclic amines) is 1. The zero-order chi connectivity index (χ0) is 22.9. The number of halogens is 2. The van der Waals surface area contributed by atoms with Crippen molar-refractivity contribution in [3.8, 4) is 11.5 Å². The summed E-state index contributed by atoms with van der Waals surface area (Å²) >= 11 is 12.0. The number of rotatable bonds is 5. The van der Waals surface area contributed by atoms with Crippen molar-refractivity contribution in [3.63, 3.8) is 0 Å². The van der Waals surface area contributed by atoms with E-state index in [1.54, 1.807) is 18.2 Å². The fourth-order valence-electron chi connectivity index (χ4n) is 4.62. The van der Waals surface area contributed by atoms with E-state index in [1.165, 1.54) is 0 Å². The Morgan fingerprint density at radius 2 is 1.91 bits per heavy atom. The molecule has 0 aromatic heterocycles. The van der Waals surface area contributed by atoms with Gasteiger partial charge >= 0.3 is 0 Å². The van der Waals surface area contributed by atoms with Crippen molar-refractivity contribution < 1.29 is 19.1 Å². The predicted octanol–water partition coefficient (Wildman–Crippen LogP) is 5.80. The van der Waals surface area contributed by atoms with Gasteiger partial charge in [-0.15, -0.1) is 0 Å². The quantitative estimate of drug-likeness (QED) is 0.513. The van der Waals surface area contributed by atoms with E-state index in [-0.39, 0.29) is 11.7 Å². The number of hydrogen-bond acceptors (Lipinski definition) is 4. The maximum Gasteiger partial charge on any atom is 0.222 e. The van der Waals surface area contributed by atoms with Crippen molar-refractivity contribution in [1.29, 1.82) is 0 Å². The molecule has 1 spiro atoms. The third-order valence-electron chi connectivity index (χ3n) is 6.25. The molecule has 2 aliphatic rings. The molecule has 5 nitrogen and oxygen atoms in total. The Morgan fingerprint density at radius 3 is 2.62 bits per heavy atom. The van der Waals surface area contributed by atoms with Crippen LogP contribution in [-0.2, 0) is 4.79 Å². The fraction of sp³-hybridized carbons (Fsp3) is 0.440. The standard InChI is InChI=1S/C25H27Cl2NO4/c1-16-12-17(2)24-20(29)15-25(32-22(24)13-16)7-9-28(10-8-25)23(30)4-3-11-31-21-6-5-18(26)14-19(21)27/h5-6,12-14H,3-4,7-11,15H2,1-2H3. The third-order valence-corrected chi connectivity index (χ3v) is 6.78. The highest BCUT2D eigenvalue weighted by molar-refractivity contribution is 6.35. The van der Waals surface area contributed by atoms with Crippen molar-refractivity contribution in [2.75, 3.05) is 19.7 Å². The number of carbonyl (C=O) groups excluding carboxylic acids is 2. The summed E-state index contributed by atoms with van der Waals surface area (Å²) in [7, 11) is 0. The highest BCUT2D eigenvalue weighted by Gasteiger charge is 2.44. The summed E-state index contributed by atoms with van der Waals surface area (Å²) in [5.41, 5.74) is 2.26. The lowest BCUT2D eigenvalue weighted by atomic mass is 9.81. The molecule has 0 atom stereocenters. The van der Waals surface area contributed by atoms with Gasteiger partial charge in [0.25, 0.3) is 0 Å². The van der Waals surface area contributed by atoms with E-state index >= 15 is 0 Å². The number of ketones is 1. The minimum absolute atomic E-state index is 0.0971. The highest BCUT2D eigenvalue weighted by Crippen LogP contribution is 2.41. The summed E-state index contributed by atoms with van der Waals surface area (Å²) in [6, 6.07) is 9.04. The number of piperidine rings is 1. The van der Waals surface area contributed by atoms with Crippen LogP contribution in [0.25, 0.3) is 0 Å². The van der Waals surface area contributed by atoms with Crippen LogP contribution in [0.2, 0.25) is 10.0 Å². The molecule has 2 aromatic rings. The highest BCUT2D eigenvalue weighted by atomic mass is 35.5. The molecule has 0 N–H and O–H groups in total. The Bertz CT molecular complexity index is 1040. The molecule has 1 fully saturated rings. The van der Waals surface area contributed by atoms with Gasteiger partial charge in [0.1, 0.15) is 17.1 Å². The first-order chi connectivity index (χ1) is 15.3. The summed E-state index contributed by atoms with van der Waals surface area (Å²) in [6.45, 7) is 5.55. The first-order valence-electron chi connectivity index (χ1n) is 11.0. The van der Waals surface area contributed by atoms with E-state index in [1.807, 2.05) is 30.9 Å². The van der Waals surface area contributed by atoms with Crippen molar-refractivity contribution >= 4 is 34.9 Å². The molecule has 7 heteroatoms. The van der Waals surface area contributed by atoms with Crippen LogP contribution >= 0.6 is 23.2 Å². The van der Waals surface area contributed by atoms with Crippen molar-refractivity contribution in [3.05, 3.63) is 57.1 Å². The van der Waals surface area contributed by atoms with Gasteiger partial charge in [0.2, 0.25) is 5.91 Å². The second-order valence-corrected chi connectivity index (χ2v) is 9.59. The Balaban J connectivity index is 1.28. The van der Waals surface area contributed by atoms with E-state index in [0.717, 1.165) is 11.1 Å². The van der Waals surface area contributed by atoms with Crippen LogP contribution in [0.15, 0.2) is 30.3 Å². The van der Waals surface area contributed by atoms with Crippen molar-refractivity contribution in [1.82, 2.24) is 4.90 Å². The molecule has 2 aliphatic heterocycles. The topological polar surface area (TPSA) is 55.8 Å². The number of amides is 1. The van der Waals surface area contributed by atoms with Gasteiger partial charge in [0, 0.05) is 37.4 Å². The minimum Gasteiger partial charge on any atom is -0.492 e. The van der Waals surface area contributed by atoms with Crippen LogP contribution in [0.3, 0.4) is 0 Å². The molecular weight excluding hydrogens is 449 g/mol. The van der Waals surface area contributed by atoms with E-state index in [0.29, 0.717) is 78.9 Å². The van der Waals surface area contributed by atoms with Crippen molar-refractivity contribution in [2.45, 2.75) is 51.6 Å². The predicted molar refractivity (Wildman–Crippen MR) is 125 cm³/mol. The first-order valence-corrected chi connectivity index (χ1v) is 11.7. The van der Waals surface area contributed by atoms with E-state index in [4.69, 9.17) is 32.7 Å². The summed E-state index contributed by atoms with van der Waals surface area (Å²) in [5, 5.41) is 1.01. The number of carbonyl (C=O) groups is 2. The second-order valence-electron chi connectivity index (χ2n) is 8.75. The lowest BCUT2D eigenvalue weighted by Crippen LogP contribution is -2.52. The molecular formula is C25H27Cl2NO4. The summed E-state index contributed by atoms with van der Waals surface area (Å²) in [4.78, 5) is 27.4. The summed E-state index contributed by atoms with van der Waals surface area (Å²) in [6.07, 6.45) is 2.70. The SMILES string of the molecule is Cc1cc(C)c2c(c1)OC1(CCN(C(=O)CCCOc3ccc(Cl)cc3Cl)CC1)CC2=O. The smallest absolute Gasteiger partial charge is 0.222 e. The Morgan fingerprint density at radius 1 is 1.16 bits per heavy atom. The molecule has 0 aliphatic carbocycles. The van der Waals surface area contributed by atoms with Gasteiger partial charge in [0.05, 0.1) is 23.6 Å². The number of nitrogens with zero attached hydrogens (tertiary/aromatic N) is 1. The number of ether oxygens (including phenoxy) is 2. The second kappa shape index (κ2) is 9.32. The number of Topliss-reactive ketones (excluding diaryl/α,β-unsaturated/α-hetero) is 1. The number of hydrogen-bond donors (Lipinski definition) is 0. The summed E-state index contributed by atoms with van der Waals surface area (Å²) < 4.78 is 12.1. The largest absolute Gasteiger partial charge is 0.492 e. The van der Waals surface area contributed by atoms with E-state index in [9.17, 15) is 9.59 Å². The zero-order valence-corrected chi connectivity index (χ0v) is 19.9. The van der Waals surface area contributed by atoms with Crippen LogP contribution in [0, 0.1) is 13.8 Å². The average molecular weight is 476 g/mol. The molecule has 170 valence electrons. The van der Waals surface area contributed by atoms with Gasteiger partial charge in [-0.1, -0.05) is 29.3 Å². The molecule has 2 heterocycles. The Hall–Kier alpha value is -2.24. The first kappa shape index (κ1) is 22.9. The fourth-order valence-corrected chi connectivity index (χ4v) is 5.08. The molecule has 4 rings (SSSR count). The van der Waals surface area contributed by atoms with Crippen LogP contribution in [-0.4, -0.2) is 41.9 Å². The van der Waals surface area contributed by atoms with E-state index in [2.05, 4.69) is 0 Å². The van der Waals surface area contributed by atoms with E-state index < -0.39 is 5.60 Å². The number of benzene rings is 2.